The molecule has 1 unspecified atom stereocenters. The van der Waals surface area contributed by atoms with Crippen molar-refractivity contribution in [3.05, 3.63) is 47.3 Å². The second kappa shape index (κ2) is 6.01. The van der Waals surface area contributed by atoms with Gasteiger partial charge in [-0.05, 0) is 48.6 Å². The third-order valence-electron chi connectivity index (χ3n) is 3.80. The van der Waals surface area contributed by atoms with Crippen molar-refractivity contribution in [2.45, 2.75) is 25.3 Å². The zero-order valence-electron chi connectivity index (χ0n) is 12.2. The number of nitrogens with zero attached hydrogens (tertiary/aromatic N) is 2. The molecule has 6 nitrogen and oxygen atoms in total. The zero-order chi connectivity index (χ0) is 15.5. The first-order chi connectivity index (χ1) is 10.7. The molecule has 0 saturated heterocycles. The molecule has 0 spiro atoms. The molecule has 1 amide bonds. The number of phenols is 1. The van der Waals surface area contributed by atoms with Gasteiger partial charge in [-0.25, -0.2) is 4.98 Å². The van der Waals surface area contributed by atoms with Gasteiger partial charge in [-0.3, -0.25) is 4.79 Å². The number of aromatic hydroxyl groups is 1. The molecule has 1 atom stereocenters. The molecule has 114 valence electrons. The number of fused-ring (bicyclic) bond motifs is 1. The van der Waals surface area contributed by atoms with E-state index in [9.17, 15) is 9.90 Å². The molecular weight excluding hydrogens is 282 g/mol. The molecule has 22 heavy (non-hydrogen) atoms. The predicted molar refractivity (Wildman–Crippen MR) is 80.0 cm³/mol. The molecule has 6 heteroatoms. The molecule has 0 aliphatic heterocycles. The van der Waals surface area contributed by atoms with Crippen LogP contribution in [0.4, 0.5) is 0 Å². The summed E-state index contributed by atoms with van der Waals surface area (Å²) in [6.07, 6.45) is 3.93. The van der Waals surface area contributed by atoms with Crippen molar-refractivity contribution in [3.63, 3.8) is 0 Å². The molecule has 0 saturated carbocycles. The second-order valence-corrected chi connectivity index (χ2v) is 5.29. The van der Waals surface area contributed by atoms with Gasteiger partial charge in [-0.1, -0.05) is 6.07 Å². The van der Waals surface area contributed by atoms with Crippen LogP contribution < -0.4 is 10.1 Å². The standard InChI is InChI=1S/C16H17N3O3/c1-22-16-17-7-6-14(19-16)15(21)18-12-4-2-11-9-13(20)5-3-10(11)8-12/h3,5-7,9,12,20H,2,4,8H2,1H3,(H,18,21). The molecule has 2 N–H and O–H groups in total. The highest BCUT2D eigenvalue weighted by molar-refractivity contribution is 5.92. The average molecular weight is 299 g/mol. The van der Waals surface area contributed by atoms with Gasteiger partial charge in [0.05, 0.1) is 7.11 Å². The van der Waals surface area contributed by atoms with Crippen LogP contribution in [0.15, 0.2) is 30.5 Å². The first-order valence-corrected chi connectivity index (χ1v) is 7.14. The van der Waals surface area contributed by atoms with Gasteiger partial charge in [0.2, 0.25) is 0 Å². The summed E-state index contributed by atoms with van der Waals surface area (Å²) in [6.45, 7) is 0. The molecule has 0 bridgehead atoms. The molecule has 2 aromatic rings. The second-order valence-electron chi connectivity index (χ2n) is 5.29. The lowest BCUT2D eigenvalue weighted by atomic mass is 9.88. The Morgan fingerprint density at radius 2 is 2.23 bits per heavy atom. The Morgan fingerprint density at radius 1 is 1.36 bits per heavy atom. The molecule has 0 fully saturated rings. The number of aryl methyl sites for hydroxylation is 1. The van der Waals surface area contributed by atoms with Crippen LogP contribution >= 0.6 is 0 Å². The highest BCUT2D eigenvalue weighted by atomic mass is 16.5. The van der Waals surface area contributed by atoms with Gasteiger partial charge in [0.1, 0.15) is 11.4 Å². The highest BCUT2D eigenvalue weighted by Crippen LogP contribution is 2.25. The number of hydrogen-bond donors (Lipinski definition) is 2. The monoisotopic (exact) mass is 299 g/mol. The Bertz CT molecular complexity index is 703. The Kier molecular flexibility index (Phi) is 3.91. The lowest BCUT2D eigenvalue weighted by Gasteiger charge is -2.25. The predicted octanol–water partition coefficient (Wildman–Crippen LogP) is 1.48. The van der Waals surface area contributed by atoms with E-state index in [2.05, 4.69) is 15.3 Å². The summed E-state index contributed by atoms with van der Waals surface area (Å²) in [5.74, 6) is 0.0576. The summed E-state index contributed by atoms with van der Waals surface area (Å²) in [5.41, 5.74) is 2.60. The SMILES string of the molecule is COc1nccc(C(=O)NC2CCc3cc(O)ccc3C2)n1. The maximum absolute atomic E-state index is 12.3. The van der Waals surface area contributed by atoms with E-state index in [0.29, 0.717) is 5.69 Å². The van der Waals surface area contributed by atoms with Crippen molar-refractivity contribution in [1.82, 2.24) is 15.3 Å². The fourth-order valence-corrected chi connectivity index (χ4v) is 2.69. The molecule has 1 aromatic heterocycles. The highest BCUT2D eigenvalue weighted by Gasteiger charge is 2.21. The van der Waals surface area contributed by atoms with Crippen LogP contribution in [-0.2, 0) is 12.8 Å². The van der Waals surface area contributed by atoms with Crippen molar-refractivity contribution in [1.29, 1.82) is 0 Å². The van der Waals surface area contributed by atoms with Gasteiger partial charge in [-0.2, -0.15) is 4.98 Å². The van der Waals surface area contributed by atoms with Crippen LogP contribution in [0, 0.1) is 0 Å². The van der Waals surface area contributed by atoms with Crippen molar-refractivity contribution >= 4 is 5.91 Å². The van der Waals surface area contributed by atoms with Gasteiger partial charge in [-0.15, -0.1) is 0 Å². The Morgan fingerprint density at radius 3 is 3.05 bits per heavy atom. The van der Waals surface area contributed by atoms with Crippen LogP contribution in [-0.4, -0.2) is 34.1 Å². The summed E-state index contributed by atoms with van der Waals surface area (Å²) in [4.78, 5) is 20.2. The van der Waals surface area contributed by atoms with Crippen molar-refractivity contribution in [2.24, 2.45) is 0 Å². The first kappa shape index (κ1) is 14.3. The topological polar surface area (TPSA) is 84.3 Å². The minimum Gasteiger partial charge on any atom is -0.508 e. The number of phenolic OH excluding ortho intramolecular Hbond substituents is 1. The smallest absolute Gasteiger partial charge is 0.316 e. The largest absolute Gasteiger partial charge is 0.508 e. The molecule has 3 rings (SSSR count). The minimum atomic E-state index is -0.229. The Balaban J connectivity index is 1.69. The number of hydrogen-bond acceptors (Lipinski definition) is 5. The number of carbonyl (C=O) groups is 1. The van der Waals surface area contributed by atoms with E-state index in [1.54, 1.807) is 18.2 Å². The van der Waals surface area contributed by atoms with Crippen LogP contribution in [0.1, 0.15) is 28.0 Å². The number of carbonyl (C=O) groups excluding carboxylic acids is 1. The van der Waals surface area contributed by atoms with Crippen molar-refractivity contribution in [3.8, 4) is 11.8 Å². The van der Waals surface area contributed by atoms with E-state index < -0.39 is 0 Å². The Hall–Kier alpha value is -2.63. The summed E-state index contributed by atoms with van der Waals surface area (Å²) >= 11 is 0. The van der Waals surface area contributed by atoms with Crippen LogP contribution in [0.3, 0.4) is 0 Å². The third kappa shape index (κ3) is 3.00. The quantitative estimate of drug-likeness (QED) is 0.896. The number of aromatic nitrogens is 2. The number of amides is 1. The van der Waals surface area contributed by atoms with Crippen molar-refractivity contribution < 1.29 is 14.6 Å². The maximum atomic E-state index is 12.3. The molecule has 1 aliphatic rings. The van der Waals surface area contributed by atoms with Gasteiger partial charge in [0.25, 0.3) is 5.91 Å². The van der Waals surface area contributed by atoms with Gasteiger partial charge in [0.15, 0.2) is 0 Å². The van der Waals surface area contributed by atoms with Crippen LogP contribution in [0.2, 0.25) is 0 Å². The minimum absolute atomic E-state index is 0.0607. The number of benzene rings is 1. The summed E-state index contributed by atoms with van der Waals surface area (Å²) in [6, 6.07) is 7.19. The summed E-state index contributed by atoms with van der Waals surface area (Å²) < 4.78 is 4.93. The molecule has 1 aromatic carbocycles. The van der Waals surface area contributed by atoms with E-state index in [-0.39, 0.29) is 23.7 Å². The van der Waals surface area contributed by atoms with Crippen LogP contribution in [0.25, 0.3) is 0 Å². The third-order valence-corrected chi connectivity index (χ3v) is 3.80. The lowest BCUT2D eigenvalue weighted by Crippen LogP contribution is -2.39. The van der Waals surface area contributed by atoms with Gasteiger partial charge in [0, 0.05) is 12.2 Å². The first-order valence-electron chi connectivity index (χ1n) is 7.14. The van der Waals surface area contributed by atoms with E-state index in [1.807, 2.05) is 6.07 Å². The zero-order valence-corrected chi connectivity index (χ0v) is 12.2. The van der Waals surface area contributed by atoms with Crippen molar-refractivity contribution in [2.75, 3.05) is 7.11 Å². The van der Waals surface area contributed by atoms with Gasteiger partial charge < -0.3 is 15.2 Å². The molecular formula is C16H17N3O3. The summed E-state index contributed by atoms with van der Waals surface area (Å²) in [5, 5.41) is 12.5. The lowest BCUT2D eigenvalue weighted by molar-refractivity contribution is 0.0927. The molecule has 1 heterocycles. The average Bonchev–Trinajstić information content (AvgIpc) is 2.55. The van der Waals surface area contributed by atoms with Gasteiger partial charge >= 0.3 is 6.01 Å². The number of ether oxygens (including phenoxy) is 1. The number of rotatable bonds is 3. The van der Waals surface area contributed by atoms with E-state index in [4.69, 9.17) is 4.74 Å². The van der Waals surface area contributed by atoms with Crippen LogP contribution in [0.5, 0.6) is 11.8 Å². The van der Waals surface area contributed by atoms with E-state index >= 15 is 0 Å². The fraction of sp³-hybridized carbons (Fsp3) is 0.312. The van der Waals surface area contributed by atoms with E-state index in [0.717, 1.165) is 30.4 Å². The summed E-state index contributed by atoms with van der Waals surface area (Å²) in [7, 11) is 1.46. The number of nitrogens with one attached hydrogen (secondary N) is 1. The number of methoxy groups -OCH3 is 1. The molecule has 1 aliphatic carbocycles. The van der Waals surface area contributed by atoms with E-state index in [1.165, 1.54) is 13.3 Å². The Labute approximate surface area is 128 Å². The fourth-order valence-electron chi connectivity index (χ4n) is 2.69. The molecule has 0 radical (unpaired) electrons. The normalized spacial score (nSPS) is 16.7. The maximum Gasteiger partial charge on any atom is 0.316 e.